The van der Waals surface area contributed by atoms with Crippen LogP contribution in [0.4, 0.5) is 23.7 Å². The molecule has 0 saturated heterocycles. The van der Waals surface area contributed by atoms with Crippen LogP contribution in [0.15, 0.2) is 24.3 Å². The molecule has 1 rings (SSSR count). The number of alkyl halides is 6. The molecule has 0 saturated carbocycles. The Morgan fingerprint density at radius 3 is 2.04 bits per heavy atom. The first-order valence-electron chi connectivity index (χ1n) is 6.34. The van der Waals surface area contributed by atoms with E-state index in [0.717, 1.165) is 12.1 Å². The van der Waals surface area contributed by atoms with Crippen molar-refractivity contribution < 1.29 is 23.1 Å². The SMILES string of the molecule is CCNC(=O)N(C)c1ccc(C(O)(C(F)(F)Cl)C(F)(Cl)Cl)cc1. The highest BCUT2D eigenvalue weighted by Crippen LogP contribution is 2.53. The van der Waals surface area contributed by atoms with Gasteiger partial charge in [0.25, 0.3) is 4.59 Å². The number of aliphatic hydroxyl groups is 1. The van der Waals surface area contributed by atoms with Gasteiger partial charge in [0.15, 0.2) is 0 Å². The molecule has 0 aliphatic heterocycles. The highest BCUT2D eigenvalue weighted by molar-refractivity contribution is 6.48. The molecule has 0 aliphatic rings. The fraction of sp³-hybridized carbons (Fsp3) is 0.462. The minimum atomic E-state index is -4.49. The lowest BCUT2D eigenvalue weighted by Crippen LogP contribution is -2.52. The Morgan fingerprint density at radius 1 is 1.22 bits per heavy atom. The summed E-state index contributed by atoms with van der Waals surface area (Å²) in [6.07, 6.45) is 0. The van der Waals surface area contributed by atoms with Crippen LogP contribution >= 0.6 is 34.8 Å². The molecule has 0 radical (unpaired) electrons. The Labute approximate surface area is 146 Å². The fourth-order valence-corrected chi connectivity index (χ4v) is 2.59. The normalized spacial score (nSPS) is 15.0. The van der Waals surface area contributed by atoms with Crippen LogP contribution in [0.3, 0.4) is 0 Å². The molecule has 0 fully saturated rings. The zero-order chi connectivity index (χ0) is 18.1. The van der Waals surface area contributed by atoms with E-state index < -0.39 is 27.2 Å². The Bertz CT molecular complexity index is 545. The van der Waals surface area contributed by atoms with Crippen molar-refractivity contribution in [3.05, 3.63) is 29.8 Å². The summed E-state index contributed by atoms with van der Waals surface area (Å²) in [5.41, 5.74) is -4.04. The number of amides is 2. The van der Waals surface area contributed by atoms with Crippen molar-refractivity contribution in [1.82, 2.24) is 5.32 Å². The molecule has 130 valence electrons. The van der Waals surface area contributed by atoms with Gasteiger partial charge in [0.2, 0.25) is 5.60 Å². The van der Waals surface area contributed by atoms with Gasteiger partial charge in [-0.15, -0.1) is 0 Å². The number of hydrogen-bond acceptors (Lipinski definition) is 2. The third-order valence-electron chi connectivity index (χ3n) is 3.13. The molecule has 1 aromatic carbocycles. The van der Waals surface area contributed by atoms with E-state index in [-0.39, 0.29) is 0 Å². The van der Waals surface area contributed by atoms with Crippen molar-refractivity contribution in [2.24, 2.45) is 0 Å². The molecule has 1 unspecified atom stereocenters. The Kier molecular flexibility index (Phi) is 6.07. The maximum Gasteiger partial charge on any atom is 0.359 e. The molecule has 4 nitrogen and oxygen atoms in total. The highest BCUT2D eigenvalue weighted by atomic mass is 35.5. The first-order chi connectivity index (χ1) is 10.4. The minimum Gasteiger partial charge on any atom is -0.373 e. The predicted molar refractivity (Wildman–Crippen MR) is 84.2 cm³/mol. The van der Waals surface area contributed by atoms with E-state index in [0.29, 0.717) is 12.2 Å². The van der Waals surface area contributed by atoms with Crippen LogP contribution in [-0.2, 0) is 5.60 Å². The summed E-state index contributed by atoms with van der Waals surface area (Å²) in [7, 11) is 1.44. The van der Waals surface area contributed by atoms with E-state index in [1.54, 1.807) is 6.92 Å². The number of rotatable bonds is 5. The molecule has 0 bridgehead atoms. The van der Waals surface area contributed by atoms with E-state index in [4.69, 9.17) is 34.8 Å². The second kappa shape index (κ2) is 6.93. The number of nitrogens with zero attached hydrogens (tertiary/aromatic N) is 1. The molecule has 0 aliphatic carbocycles. The van der Waals surface area contributed by atoms with E-state index in [1.807, 2.05) is 0 Å². The van der Waals surface area contributed by atoms with Crippen molar-refractivity contribution in [3.8, 4) is 0 Å². The lowest BCUT2D eigenvalue weighted by molar-refractivity contribution is -0.164. The number of nitrogens with one attached hydrogen (secondary N) is 1. The van der Waals surface area contributed by atoms with E-state index >= 15 is 0 Å². The van der Waals surface area contributed by atoms with E-state index in [2.05, 4.69) is 5.32 Å². The summed E-state index contributed by atoms with van der Waals surface area (Å²) in [5.74, 6) is 0. The van der Waals surface area contributed by atoms with Crippen molar-refractivity contribution in [2.45, 2.75) is 22.5 Å². The van der Waals surface area contributed by atoms with Gasteiger partial charge in [-0.3, -0.25) is 4.90 Å². The van der Waals surface area contributed by atoms with Gasteiger partial charge in [0.1, 0.15) is 0 Å². The second-order valence-corrected chi connectivity index (χ2v) is 6.36. The monoisotopic (exact) mass is 392 g/mol. The van der Waals surface area contributed by atoms with Crippen LogP contribution in [-0.4, -0.2) is 34.7 Å². The third kappa shape index (κ3) is 3.96. The van der Waals surface area contributed by atoms with Crippen LogP contribution in [0.5, 0.6) is 0 Å². The van der Waals surface area contributed by atoms with Gasteiger partial charge < -0.3 is 10.4 Å². The smallest absolute Gasteiger partial charge is 0.359 e. The standard InChI is InChI=1S/C13H14Cl3F3N2O2/c1-3-20-10(22)21(2)9-6-4-8(5-7-9)11(23,12(14,15)17)13(16,18)19/h4-7,23H,3H2,1-2H3,(H,20,22). The second-order valence-electron chi connectivity index (χ2n) is 4.65. The summed E-state index contributed by atoms with van der Waals surface area (Å²) >= 11 is 14.9. The molecule has 1 atom stereocenters. The van der Waals surface area contributed by atoms with Crippen molar-refractivity contribution in [3.63, 3.8) is 0 Å². The van der Waals surface area contributed by atoms with Crippen molar-refractivity contribution in [1.29, 1.82) is 0 Å². The van der Waals surface area contributed by atoms with Gasteiger partial charge in [0.05, 0.1) is 0 Å². The first kappa shape index (κ1) is 20.2. The average Bonchev–Trinajstić information content (AvgIpc) is 2.43. The van der Waals surface area contributed by atoms with Crippen molar-refractivity contribution >= 4 is 46.5 Å². The van der Waals surface area contributed by atoms with Crippen LogP contribution in [0.25, 0.3) is 0 Å². The molecule has 23 heavy (non-hydrogen) atoms. The van der Waals surface area contributed by atoms with Gasteiger partial charge in [-0.05, 0) is 36.2 Å². The Balaban J connectivity index is 3.23. The Morgan fingerprint density at radius 2 is 1.70 bits per heavy atom. The maximum atomic E-state index is 13.7. The van der Waals surface area contributed by atoms with E-state index in [1.165, 1.54) is 24.1 Å². The molecular weight excluding hydrogens is 380 g/mol. The first-order valence-corrected chi connectivity index (χ1v) is 7.47. The molecule has 0 spiro atoms. The number of halogens is 6. The summed E-state index contributed by atoms with van der Waals surface area (Å²) in [4.78, 5) is 12.9. The summed E-state index contributed by atoms with van der Waals surface area (Å²) in [6.45, 7) is 2.11. The lowest BCUT2D eigenvalue weighted by atomic mass is 9.94. The topological polar surface area (TPSA) is 52.6 Å². The van der Waals surface area contributed by atoms with Crippen LogP contribution in [0.1, 0.15) is 12.5 Å². The average molecular weight is 394 g/mol. The van der Waals surface area contributed by atoms with Gasteiger partial charge in [-0.25, -0.2) is 9.18 Å². The lowest BCUT2D eigenvalue weighted by Gasteiger charge is -2.36. The summed E-state index contributed by atoms with van der Waals surface area (Å²) in [6, 6.07) is 3.86. The van der Waals surface area contributed by atoms with Gasteiger partial charge in [-0.2, -0.15) is 8.78 Å². The fourth-order valence-electron chi connectivity index (χ4n) is 1.80. The van der Waals surface area contributed by atoms with Gasteiger partial charge in [0, 0.05) is 19.3 Å². The van der Waals surface area contributed by atoms with Crippen LogP contribution in [0.2, 0.25) is 0 Å². The van der Waals surface area contributed by atoms with Crippen LogP contribution in [0, 0.1) is 0 Å². The number of anilines is 1. The molecule has 10 heteroatoms. The molecule has 1 aromatic rings. The number of hydrogen-bond donors (Lipinski definition) is 2. The zero-order valence-corrected chi connectivity index (χ0v) is 14.4. The molecule has 2 amide bonds. The van der Waals surface area contributed by atoms with Gasteiger partial charge in [-0.1, -0.05) is 35.3 Å². The molecular formula is C13H14Cl3F3N2O2. The largest absolute Gasteiger partial charge is 0.373 e. The quantitative estimate of drug-likeness (QED) is 0.744. The maximum absolute atomic E-state index is 13.7. The molecule has 0 heterocycles. The predicted octanol–water partition coefficient (Wildman–Crippen LogP) is 3.97. The zero-order valence-electron chi connectivity index (χ0n) is 12.1. The van der Waals surface area contributed by atoms with Crippen LogP contribution < -0.4 is 10.2 Å². The minimum absolute atomic E-state index is 0.300. The number of benzene rings is 1. The van der Waals surface area contributed by atoms with Crippen molar-refractivity contribution in [2.75, 3.05) is 18.5 Å². The number of carbonyl (C=O) groups excluding carboxylic acids is 1. The van der Waals surface area contributed by atoms with Gasteiger partial charge >= 0.3 is 11.4 Å². The molecule has 2 N–H and O–H groups in total. The molecule has 0 aromatic heterocycles. The highest BCUT2D eigenvalue weighted by Gasteiger charge is 2.66. The Hall–Kier alpha value is -0.890. The number of carbonyl (C=O) groups is 1. The van der Waals surface area contributed by atoms with E-state index in [9.17, 15) is 23.1 Å². The summed E-state index contributed by atoms with van der Waals surface area (Å²) < 4.78 is 36.9. The summed E-state index contributed by atoms with van der Waals surface area (Å²) in [5, 5.41) is 8.01. The number of urea groups is 1. The third-order valence-corrected chi connectivity index (χ3v) is 3.95.